The van der Waals surface area contributed by atoms with Crippen LogP contribution in [0.2, 0.25) is 5.02 Å². The van der Waals surface area contributed by atoms with E-state index < -0.39 is 5.97 Å². The van der Waals surface area contributed by atoms with Crippen molar-refractivity contribution < 1.29 is 14.7 Å². The van der Waals surface area contributed by atoms with Gasteiger partial charge in [-0.3, -0.25) is 4.68 Å². The number of benzene rings is 1. The number of hydrogen-bond donors (Lipinski definition) is 2. The second kappa shape index (κ2) is 5.92. The highest BCUT2D eigenvalue weighted by Gasteiger charge is 2.24. The molecule has 1 aliphatic heterocycles. The smallest absolute Gasteiger partial charge is 0.356 e. The van der Waals surface area contributed by atoms with Gasteiger partial charge in [0.1, 0.15) is 0 Å². The quantitative estimate of drug-likeness (QED) is 0.883. The van der Waals surface area contributed by atoms with Crippen LogP contribution in [0.25, 0.3) is 0 Å². The van der Waals surface area contributed by atoms with Gasteiger partial charge in [-0.25, -0.2) is 9.59 Å². The first kappa shape index (κ1) is 15.4. The number of nitrogens with zero attached hydrogens (tertiary/aromatic N) is 3. The van der Waals surface area contributed by atoms with Gasteiger partial charge in [0.2, 0.25) is 0 Å². The lowest BCUT2D eigenvalue weighted by atomic mass is 10.2. The number of aryl methyl sites for hydroxylation is 1. The molecule has 1 aromatic carbocycles. The number of anilines is 1. The summed E-state index contributed by atoms with van der Waals surface area (Å²) in [7, 11) is 0. The first-order valence-electron chi connectivity index (χ1n) is 7.06. The molecule has 0 bridgehead atoms. The standard InChI is InChI=1S/C15H15ClN4O3/c1-9-2-3-10(16)6-12(9)17-15(23)19-4-5-20-11(8-19)7-13(18-20)14(21)22/h2-3,6-7H,4-5,8H2,1H3,(H,17,23)(H,21,22). The summed E-state index contributed by atoms with van der Waals surface area (Å²) < 4.78 is 1.62. The largest absolute Gasteiger partial charge is 0.476 e. The highest BCUT2D eigenvalue weighted by Crippen LogP contribution is 2.21. The van der Waals surface area contributed by atoms with Crippen LogP contribution in [0, 0.1) is 6.92 Å². The molecular formula is C15H15ClN4O3. The third-order valence-electron chi connectivity index (χ3n) is 3.75. The number of carbonyl (C=O) groups is 2. The van der Waals surface area contributed by atoms with Crippen molar-refractivity contribution in [3.05, 3.63) is 46.2 Å². The van der Waals surface area contributed by atoms with Crippen LogP contribution in [0.4, 0.5) is 10.5 Å². The molecule has 8 heteroatoms. The molecule has 0 aliphatic carbocycles. The minimum Gasteiger partial charge on any atom is -0.476 e. The first-order chi connectivity index (χ1) is 10.9. The van der Waals surface area contributed by atoms with Crippen LogP contribution in [-0.2, 0) is 13.1 Å². The predicted octanol–water partition coefficient (Wildman–Crippen LogP) is 2.59. The zero-order valence-corrected chi connectivity index (χ0v) is 13.2. The molecule has 2 aromatic rings. The fourth-order valence-corrected chi connectivity index (χ4v) is 2.64. The Morgan fingerprint density at radius 3 is 2.83 bits per heavy atom. The molecule has 3 rings (SSSR count). The number of carboxylic acids is 1. The summed E-state index contributed by atoms with van der Waals surface area (Å²) >= 11 is 5.95. The average molecular weight is 335 g/mol. The minimum atomic E-state index is -1.07. The van der Waals surface area contributed by atoms with Gasteiger partial charge >= 0.3 is 12.0 Å². The zero-order chi connectivity index (χ0) is 16.6. The summed E-state index contributed by atoms with van der Waals surface area (Å²) in [5.74, 6) is -1.07. The summed E-state index contributed by atoms with van der Waals surface area (Å²) in [5.41, 5.74) is 2.27. The van der Waals surface area contributed by atoms with E-state index in [4.69, 9.17) is 16.7 Å². The van der Waals surface area contributed by atoms with Gasteiger partial charge in [-0.1, -0.05) is 17.7 Å². The molecular weight excluding hydrogens is 320 g/mol. The number of hydrogen-bond acceptors (Lipinski definition) is 3. The topological polar surface area (TPSA) is 87.5 Å². The Morgan fingerprint density at radius 2 is 2.09 bits per heavy atom. The van der Waals surface area contributed by atoms with Crippen molar-refractivity contribution in [2.24, 2.45) is 0 Å². The maximum atomic E-state index is 12.4. The molecule has 23 heavy (non-hydrogen) atoms. The fraction of sp³-hybridized carbons (Fsp3) is 0.267. The van der Waals surface area contributed by atoms with Crippen LogP contribution in [-0.4, -0.2) is 38.3 Å². The van der Waals surface area contributed by atoms with Gasteiger partial charge in [0.15, 0.2) is 5.69 Å². The van der Waals surface area contributed by atoms with E-state index in [1.54, 1.807) is 21.7 Å². The number of halogens is 1. The normalized spacial score (nSPS) is 13.6. The fourth-order valence-electron chi connectivity index (χ4n) is 2.47. The Labute approximate surface area is 137 Å². The van der Waals surface area contributed by atoms with Crippen molar-refractivity contribution in [3.63, 3.8) is 0 Å². The summed E-state index contributed by atoms with van der Waals surface area (Å²) in [6.07, 6.45) is 0. The van der Waals surface area contributed by atoms with Gasteiger partial charge in [0, 0.05) is 17.3 Å². The van der Waals surface area contributed by atoms with Crippen molar-refractivity contribution in [1.82, 2.24) is 14.7 Å². The highest BCUT2D eigenvalue weighted by molar-refractivity contribution is 6.31. The number of urea groups is 1. The Hall–Kier alpha value is -2.54. The molecule has 0 saturated carbocycles. The van der Waals surface area contributed by atoms with E-state index in [0.29, 0.717) is 36.0 Å². The molecule has 120 valence electrons. The van der Waals surface area contributed by atoms with E-state index in [-0.39, 0.29) is 11.7 Å². The number of aromatic carboxylic acids is 1. The lowest BCUT2D eigenvalue weighted by Gasteiger charge is -2.28. The molecule has 2 N–H and O–H groups in total. The maximum Gasteiger partial charge on any atom is 0.356 e. The molecule has 0 radical (unpaired) electrons. The summed E-state index contributed by atoms with van der Waals surface area (Å²) in [5, 5.41) is 16.4. The van der Waals surface area contributed by atoms with Crippen LogP contribution >= 0.6 is 11.6 Å². The van der Waals surface area contributed by atoms with Gasteiger partial charge in [-0.05, 0) is 30.7 Å². The SMILES string of the molecule is Cc1ccc(Cl)cc1NC(=O)N1CCn2nc(C(=O)O)cc2C1. The van der Waals surface area contributed by atoms with Gasteiger partial charge in [-0.2, -0.15) is 5.10 Å². The molecule has 0 atom stereocenters. The van der Waals surface area contributed by atoms with E-state index in [2.05, 4.69) is 10.4 Å². The second-order valence-corrected chi connectivity index (χ2v) is 5.80. The average Bonchev–Trinajstić information content (AvgIpc) is 2.94. The molecule has 2 heterocycles. The Balaban J connectivity index is 1.74. The van der Waals surface area contributed by atoms with Gasteiger partial charge < -0.3 is 15.3 Å². The van der Waals surface area contributed by atoms with E-state index in [9.17, 15) is 9.59 Å². The molecule has 0 spiro atoms. The van der Waals surface area contributed by atoms with Crippen LogP contribution in [0.5, 0.6) is 0 Å². The Morgan fingerprint density at radius 1 is 1.30 bits per heavy atom. The van der Waals surface area contributed by atoms with Gasteiger partial charge in [-0.15, -0.1) is 0 Å². The van der Waals surface area contributed by atoms with Crippen LogP contribution in [0.15, 0.2) is 24.3 Å². The molecule has 0 unspecified atom stereocenters. The lowest BCUT2D eigenvalue weighted by molar-refractivity contribution is 0.0689. The van der Waals surface area contributed by atoms with Crippen LogP contribution in [0.3, 0.4) is 0 Å². The zero-order valence-electron chi connectivity index (χ0n) is 12.4. The van der Waals surface area contributed by atoms with E-state index in [0.717, 1.165) is 5.56 Å². The van der Waals surface area contributed by atoms with Gasteiger partial charge in [0.25, 0.3) is 0 Å². The van der Waals surface area contributed by atoms with Crippen LogP contribution in [0.1, 0.15) is 21.7 Å². The molecule has 1 aliphatic rings. The van der Waals surface area contributed by atoms with E-state index in [1.807, 2.05) is 13.0 Å². The van der Waals surface area contributed by atoms with Crippen molar-refractivity contribution >= 4 is 29.3 Å². The van der Waals surface area contributed by atoms with E-state index >= 15 is 0 Å². The van der Waals surface area contributed by atoms with E-state index in [1.165, 1.54) is 6.07 Å². The summed E-state index contributed by atoms with van der Waals surface area (Å²) in [4.78, 5) is 25.0. The molecule has 0 saturated heterocycles. The number of fused-ring (bicyclic) bond motifs is 1. The lowest BCUT2D eigenvalue weighted by Crippen LogP contribution is -2.41. The second-order valence-electron chi connectivity index (χ2n) is 5.36. The molecule has 0 fully saturated rings. The number of carboxylic acid groups (broad SMARTS) is 1. The third-order valence-corrected chi connectivity index (χ3v) is 3.98. The Bertz CT molecular complexity index is 787. The molecule has 7 nitrogen and oxygen atoms in total. The number of carbonyl (C=O) groups excluding carboxylic acids is 1. The number of rotatable bonds is 2. The maximum absolute atomic E-state index is 12.4. The first-order valence-corrected chi connectivity index (χ1v) is 7.44. The number of amides is 2. The molecule has 1 aromatic heterocycles. The van der Waals surface area contributed by atoms with Crippen molar-refractivity contribution in [2.45, 2.75) is 20.0 Å². The van der Waals surface area contributed by atoms with Crippen molar-refractivity contribution in [3.8, 4) is 0 Å². The number of nitrogens with one attached hydrogen (secondary N) is 1. The number of aromatic nitrogens is 2. The summed E-state index contributed by atoms with van der Waals surface area (Å²) in [6.45, 7) is 3.12. The van der Waals surface area contributed by atoms with Crippen LogP contribution < -0.4 is 5.32 Å². The highest BCUT2D eigenvalue weighted by atomic mass is 35.5. The Kier molecular flexibility index (Phi) is 3.96. The van der Waals surface area contributed by atoms with Gasteiger partial charge in [0.05, 0.1) is 18.8 Å². The minimum absolute atomic E-state index is 0.00653. The van der Waals surface area contributed by atoms with Crippen molar-refractivity contribution in [1.29, 1.82) is 0 Å². The van der Waals surface area contributed by atoms with Crippen molar-refractivity contribution in [2.75, 3.05) is 11.9 Å². The molecule has 2 amide bonds. The predicted molar refractivity (Wildman–Crippen MR) is 84.8 cm³/mol. The monoisotopic (exact) mass is 334 g/mol. The summed E-state index contributed by atoms with van der Waals surface area (Å²) in [6, 6.07) is 6.54. The third kappa shape index (κ3) is 3.14.